The fourth-order valence-electron chi connectivity index (χ4n) is 2.91. The third-order valence-corrected chi connectivity index (χ3v) is 8.13. The van der Waals surface area contributed by atoms with Gasteiger partial charge in [-0.15, -0.1) is 0 Å². The van der Waals surface area contributed by atoms with Gasteiger partial charge in [0.25, 0.3) is 0 Å². The molecule has 8 nitrogen and oxygen atoms in total. The van der Waals surface area contributed by atoms with Crippen molar-refractivity contribution in [2.75, 3.05) is 39.5 Å². The minimum atomic E-state index is -3.55. The Kier molecular flexibility index (Phi) is 7.88. The van der Waals surface area contributed by atoms with Crippen LogP contribution in [0.3, 0.4) is 0 Å². The summed E-state index contributed by atoms with van der Waals surface area (Å²) in [7, 11) is -7.04. The maximum Gasteiger partial charge on any atom is 0.243 e. The van der Waals surface area contributed by atoms with Crippen molar-refractivity contribution < 1.29 is 26.3 Å². The van der Waals surface area contributed by atoms with Crippen LogP contribution in [0.4, 0.5) is 0 Å². The molecule has 1 N–H and O–H groups in total. The van der Waals surface area contributed by atoms with Gasteiger partial charge in [-0.2, -0.15) is 4.31 Å². The molecular formula is C19H23BrN2O6S2. The highest BCUT2D eigenvalue weighted by molar-refractivity contribution is 9.10. The van der Waals surface area contributed by atoms with Gasteiger partial charge < -0.3 is 9.47 Å². The molecule has 0 unspecified atom stereocenters. The van der Waals surface area contributed by atoms with Gasteiger partial charge >= 0.3 is 0 Å². The number of ether oxygens (including phenoxy) is 2. The van der Waals surface area contributed by atoms with Crippen molar-refractivity contribution >= 4 is 36.0 Å². The molecule has 164 valence electrons. The standard InChI is InChI=1S/C19H23BrN2O6S2/c20-17-3-1-2-16(14-17)15-29(23,24)21-8-11-28-18-4-6-19(7-5-18)30(25,26)22-9-12-27-13-10-22/h1-7,14,21H,8-13,15H2. The summed E-state index contributed by atoms with van der Waals surface area (Å²) < 4.78 is 64.9. The molecule has 0 atom stereocenters. The Balaban J connectivity index is 1.48. The van der Waals surface area contributed by atoms with Crippen LogP contribution in [0.1, 0.15) is 5.56 Å². The van der Waals surface area contributed by atoms with Crippen molar-refractivity contribution in [3.05, 3.63) is 58.6 Å². The predicted octanol–water partition coefficient (Wildman–Crippen LogP) is 1.97. The Bertz CT molecular complexity index is 1050. The molecule has 0 saturated carbocycles. The summed E-state index contributed by atoms with van der Waals surface area (Å²) in [6, 6.07) is 13.2. The molecule has 3 rings (SSSR count). The van der Waals surface area contributed by atoms with Crippen LogP contribution in [-0.2, 0) is 30.5 Å². The number of nitrogens with zero attached hydrogens (tertiary/aromatic N) is 1. The second-order valence-electron chi connectivity index (χ2n) is 6.62. The van der Waals surface area contributed by atoms with E-state index in [-0.39, 0.29) is 23.8 Å². The molecule has 0 aromatic heterocycles. The first-order chi connectivity index (χ1) is 14.3. The molecule has 0 spiro atoms. The molecule has 1 fully saturated rings. The highest BCUT2D eigenvalue weighted by Crippen LogP contribution is 2.20. The summed E-state index contributed by atoms with van der Waals surface area (Å²) in [4.78, 5) is 0.187. The van der Waals surface area contributed by atoms with E-state index in [1.165, 1.54) is 16.4 Å². The summed E-state index contributed by atoms with van der Waals surface area (Å²) in [6.07, 6.45) is 0. The van der Waals surface area contributed by atoms with Crippen LogP contribution in [0.5, 0.6) is 5.75 Å². The van der Waals surface area contributed by atoms with Crippen molar-refractivity contribution in [3.63, 3.8) is 0 Å². The Labute approximate surface area is 185 Å². The van der Waals surface area contributed by atoms with Crippen LogP contribution in [-0.4, -0.2) is 60.6 Å². The molecule has 0 bridgehead atoms. The van der Waals surface area contributed by atoms with Crippen molar-refractivity contribution in [3.8, 4) is 5.75 Å². The minimum absolute atomic E-state index is 0.101. The SMILES string of the molecule is O=S(=O)(Cc1cccc(Br)c1)NCCOc1ccc(S(=O)(=O)N2CCOCC2)cc1. The molecule has 1 saturated heterocycles. The zero-order chi connectivity index (χ0) is 21.6. The van der Waals surface area contributed by atoms with Gasteiger partial charge in [0.15, 0.2) is 0 Å². The van der Waals surface area contributed by atoms with Crippen LogP contribution in [0.2, 0.25) is 0 Å². The molecule has 2 aromatic rings. The lowest BCUT2D eigenvalue weighted by Crippen LogP contribution is -2.40. The summed E-state index contributed by atoms with van der Waals surface area (Å²) >= 11 is 3.32. The van der Waals surface area contributed by atoms with E-state index in [4.69, 9.17) is 9.47 Å². The summed E-state index contributed by atoms with van der Waals surface area (Å²) in [5, 5.41) is 0. The van der Waals surface area contributed by atoms with Crippen molar-refractivity contribution in [1.29, 1.82) is 0 Å². The summed E-state index contributed by atoms with van der Waals surface area (Å²) in [6.45, 7) is 1.66. The Hall–Kier alpha value is -1.50. The van der Waals surface area contributed by atoms with Crippen LogP contribution < -0.4 is 9.46 Å². The second kappa shape index (κ2) is 10.2. The zero-order valence-corrected chi connectivity index (χ0v) is 19.4. The van der Waals surface area contributed by atoms with E-state index in [1.807, 2.05) is 6.07 Å². The van der Waals surface area contributed by atoms with Gasteiger partial charge in [-0.1, -0.05) is 28.1 Å². The quantitative estimate of drug-likeness (QED) is 0.509. The van der Waals surface area contributed by atoms with Crippen molar-refractivity contribution in [1.82, 2.24) is 9.03 Å². The van der Waals surface area contributed by atoms with Crippen molar-refractivity contribution in [2.45, 2.75) is 10.6 Å². The first kappa shape index (κ1) is 23.2. The summed E-state index contributed by atoms with van der Waals surface area (Å²) in [5.74, 6) is 0.336. The molecule has 1 aliphatic heterocycles. The second-order valence-corrected chi connectivity index (χ2v) is 11.3. The van der Waals surface area contributed by atoms with Gasteiger partial charge in [0.05, 0.1) is 23.9 Å². The van der Waals surface area contributed by atoms with Crippen LogP contribution in [0.15, 0.2) is 57.9 Å². The fraction of sp³-hybridized carbons (Fsp3) is 0.368. The molecule has 0 amide bonds. The third-order valence-electron chi connectivity index (χ3n) is 4.37. The van der Waals surface area contributed by atoms with E-state index in [2.05, 4.69) is 20.7 Å². The van der Waals surface area contributed by atoms with Crippen molar-refractivity contribution in [2.24, 2.45) is 0 Å². The number of morpholine rings is 1. The van der Waals surface area contributed by atoms with E-state index >= 15 is 0 Å². The van der Waals surface area contributed by atoms with Gasteiger partial charge in [0.2, 0.25) is 20.0 Å². The van der Waals surface area contributed by atoms with E-state index in [0.29, 0.717) is 37.6 Å². The number of rotatable bonds is 9. The van der Waals surface area contributed by atoms with E-state index in [9.17, 15) is 16.8 Å². The van der Waals surface area contributed by atoms with E-state index < -0.39 is 20.0 Å². The maximum atomic E-state index is 12.6. The number of nitrogens with one attached hydrogen (secondary N) is 1. The smallest absolute Gasteiger partial charge is 0.243 e. The third kappa shape index (κ3) is 6.50. The number of hydrogen-bond acceptors (Lipinski definition) is 6. The van der Waals surface area contributed by atoms with Gasteiger partial charge in [-0.25, -0.2) is 21.6 Å². The fourth-order valence-corrected chi connectivity index (χ4v) is 5.88. The molecule has 1 heterocycles. The molecule has 0 radical (unpaired) electrons. The Morgan fingerprint density at radius 3 is 2.40 bits per heavy atom. The Morgan fingerprint density at radius 2 is 1.73 bits per heavy atom. The lowest BCUT2D eigenvalue weighted by molar-refractivity contribution is 0.0730. The predicted molar refractivity (Wildman–Crippen MR) is 116 cm³/mol. The minimum Gasteiger partial charge on any atom is -0.492 e. The molecule has 1 aliphatic rings. The first-order valence-electron chi connectivity index (χ1n) is 9.29. The lowest BCUT2D eigenvalue weighted by Gasteiger charge is -2.26. The van der Waals surface area contributed by atoms with Gasteiger partial charge in [-0.05, 0) is 42.0 Å². The van der Waals surface area contributed by atoms with Crippen LogP contribution in [0, 0.1) is 0 Å². The number of benzene rings is 2. The molecule has 30 heavy (non-hydrogen) atoms. The first-order valence-corrected chi connectivity index (χ1v) is 13.2. The van der Waals surface area contributed by atoms with Gasteiger partial charge in [-0.3, -0.25) is 0 Å². The zero-order valence-electron chi connectivity index (χ0n) is 16.2. The maximum absolute atomic E-state index is 12.6. The van der Waals surface area contributed by atoms with E-state index in [1.54, 1.807) is 30.3 Å². The molecule has 11 heteroatoms. The average Bonchev–Trinajstić information content (AvgIpc) is 2.72. The highest BCUT2D eigenvalue weighted by atomic mass is 79.9. The van der Waals surface area contributed by atoms with E-state index in [0.717, 1.165) is 4.47 Å². The summed E-state index contributed by atoms with van der Waals surface area (Å²) in [5.41, 5.74) is 0.676. The molecular weight excluding hydrogens is 496 g/mol. The largest absolute Gasteiger partial charge is 0.492 e. The number of sulfonamides is 2. The average molecular weight is 519 g/mol. The van der Waals surface area contributed by atoms with Gasteiger partial charge in [0, 0.05) is 24.1 Å². The topological polar surface area (TPSA) is 102 Å². The normalized spacial score (nSPS) is 15.8. The van der Waals surface area contributed by atoms with Crippen LogP contribution >= 0.6 is 15.9 Å². The van der Waals surface area contributed by atoms with Crippen LogP contribution in [0.25, 0.3) is 0 Å². The van der Waals surface area contributed by atoms with Gasteiger partial charge in [0.1, 0.15) is 12.4 Å². The molecule has 0 aliphatic carbocycles. The lowest BCUT2D eigenvalue weighted by atomic mass is 10.2. The molecule has 2 aromatic carbocycles. The Morgan fingerprint density at radius 1 is 1.03 bits per heavy atom. The number of hydrogen-bond donors (Lipinski definition) is 1. The monoisotopic (exact) mass is 518 g/mol. The number of halogens is 1. The highest BCUT2D eigenvalue weighted by Gasteiger charge is 2.26.